The van der Waals surface area contributed by atoms with Crippen molar-refractivity contribution in [3.05, 3.63) is 61.7 Å². The number of hydrogen-bond donors (Lipinski definition) is 1. The van der Waals surface area contributed by atoms with Gasteiger partial charge in [0.2, 0.25) is 0 Å². The van der Waals surface area contributed by atoms with Crippen LogP contribution in [0.25, 0.3) is 0 Å². The topological polar surface area (TPSA) is 49.0 Å². The van der Waals surface area contributed by atoms with Crippen LogP contribution in [0.3, 0.4) is 0 Å². The first-order chi connectivity index (χ1) is 9.61. The molecule has 1 aliphatic heterocycles. The highest BCUT2D eigenvalue weighted by molar-refractivity contribution is 9.10. The van der Waals surface area contributed by atoms with E-state index < -0.39 is 0 Å². The summed E-state index contributed by atoms with van der Waals surface area (Å²) in [7, 11) is 0. The molecule has 4 nitrogen and oxygen atoms in total. The number of halogens is 1. The number of aryl methyl sites for hydroxylation is 1. The van der Waals surface area contributed by atoms with Crippen LogP contribution in [0, 0.1) is 6.92 Å². The van der Waals surface area contributed by atoms with Gasteiger partial charge in [0.25, 0.3) is 5.56 Å². The molecular weight excluding hydrogens is 318 g/mol. The third-order valence-electron chi connectivity index (χ3n) is 3.57. The van der Waals surface area contributed by atoms with Gasteiger partial charge in [0.1, 0.15) is 5.82 Å². The number of benzene rings is 1. The van der Waals surface area contributed by atoms with Gasteiger partial charge in [-0.2, -0.15) is 0 Å². The second-order valence-electron chi connectivity index (χ2n) is 5.17. The maximum atomic E-state index is 11.9. The van der Waals surface area contributed by atoms with Crippen molar-refractivity contribution in [1.82, 2.24) is 14.9 Å². The molecule has 0 aliphatic carbocycles. The van der Waals surface area contributed by atoms with Crippen LogP contribution in [0.1, 0.15) is 22.6 Å². The molecule has 0 amide bonds. The Morgan fingerprint density at radius 1 is 1.45 bits per heavy atom. The van der Waals surface area contributed by atoms with Crippen LogP contribution in [-0.2, 0) is 19.5 Å². The Balaban J connectivity index is 1.80. The number of aromatic nitrogens is 2. The molecule has 5 heteroatoms. The number of nitrogens with one attached hydrogen (secondary N) is 1. The van der Waals surface area contributed by atoms with Crippen LogP contribution < -0.4 is 5.56 Å². The van der Waals surface area contributed by atoms with Crippen LogP contribution in [0.5, 0.6) is 0 Å². The van der Waals surface area contributed by atoms with E-state index >= 15 is 0 Å². The first-order valence-electron chi connectivity index (χ1n) is 6.67. The zero-order valence-corrected chi connectivity index (χ0v) is 12.9. The second kappa shape index (κ2) is 5.50. The molecule has 0 spiro atoms. The molecule has 20 heavy (non-hydrogen) atoms. The van der Waals surface area contributed by atoms with Gasteiger partial charge in [-0.15, -0.1) is 0 Å². The van der Waals surface area contributed by atoms with Crippen LogP contribution >= 0.6 is 15.9 Å². The lowest BCUT2D eigenvalue weighted by Gasteiger charge is -2.27. The van der Waals surface area contributed by atoms with Gasteiger partial charge in [-0.3, -0.25) is 9.69 Å². The normalized spacial score (nSPS) is 15.1. The molecule has 0 fully saturated rings. The van der Waals surface area contributed by atoms with Crippen LogP contribution in [0.15, 0.2) is 33.5 Å². The number of rotatable bonds is 2. The fourth-order valence-electron chi connectivity index (χ4n) is 2.65. The first-order valence-corrected chi connectivity index (χ1v) is 7.46. The maximum absolute atomic E-state index is 11.9. The summed E-state index contributed by atoms with van der Waals surface area (Å²) < 4.78 is 1.10. The smallest absolute Gasteiger partial charge is 0.254 e. The van der Waals surface area contributed by atoms with Gasteiger partial charge >= 0.3 is 0 Å². The van der Waals surface area contributed by atoms with Crippen molar-refractivity contribution in [2.45, 2.75) is 26.4 Å². The summed E-state index contributed by atoms with van der Waals surface area (Å²) in [6.07, 6.45) is 0.770. The minimum Gasteiger partial charge on any atom is -0.311 e. The molecule has 0 saturated heterocycles. The zero-order valence-electron chi connectivity index (χ0n) is 11.3. The van der Waals surface area contributed by atoms with E-state index in [0.29, 0.717) is 5.82 Å². The lowest BCUT2D eigenvalue weighted by Crippen LogP contribution is -2.35. The standard InChI is InChI=1S/C15H16BrN3O/c1-10-17-14-9-19(6-5-13(14)15(20)18-10)8-11-3-2-4-12(16)7-11/h2-4,7H,5-6,8-9H2,1H3,(H,17,18,20). The molecule has 0 bridgehead atoms. The van der Waals surface area contributed by atoms with E-state index in [4.69, 9.17) is 0 Å². The molecular formula is C15H16BrN3O. The molecule has 1 N–H and O–H groups in total. The highest BCUT2D eigenvalue weighted by atomic mass is 79.9. The van der Waals surface area contributed by atoms with Gasteiger partial charge in [0.15, 0.2) is 0 Å². The molecule has 0 radical (unpaired) electrons. The Morgan fingerprint density at radius 2 is 2.30 bits per heavy atom. The van der Waals surface area contributed by atoms with Crippen LogP contribution in [0.2, 0.25) is 0 Å². The van der Waals surface area contributed by atoms with Crippen molar-refractivity contribution in [1.29, 1.82) is 0 Å². The summed E-state index contributed by atoms with van der Waals surface area (Å²) >= 11 is 3.50. The fraction of sp³-hybridized carbons (Fsp3) is 0.333. The Hall–Kier alpha value is -1.46. The highest BCUT2D eigenvalue weighted by Crippen LogP contribution is 2.18. The van der Waals surface area contributed by atoms with Gasteiger partial charge in [0, 0.05) is 29.7 Å². The molecule has 3 rings (SSSR count). The van der Waals surface area contributed by atoms with E-state index in [9.17, 15) is 4.79 Å². The van der Waals surface area contributed by atoms with E-state index in [-0.39, 0.29) is 5.56 Å². The predicted molar refractivity (Wildman–Crippen MR) is 81.6 cm³/mol. The molecule has 1 aromatic carbocycles. The van der Waals surface area contributed by atoms with Crippen LogP contribution in [0.4, 0.5) is 0 Å². The fourth-order valence-corrected chi connectivity index (χ4v) is 3.09. The lowest BCUT2D eigenvalue weighted by molar-refractivity contribution is 0.240. The van der Waals surface area contributed by atoms with E-state index in [1.807, 2.05) is 19.1 Å². The van der Waals surface area contributed by atoms with E-state index in [1.54, 1.807) is 0 Å². The zero-order chi connectivity index (χ0) is 14.1. The number of H-pyrrole nitrogens is 1. The first kappa shape index (κ1) is 13.5. The average molecular weight is 334 g/mol. The summed E-state index contributed by atoms with van der Waals surface area (Å²) in [6, 6.07) is 8.33. The summed E-state index contributed by atoms with van der Waals surface area (Å²) in [5, 5.41) is 0. The van der Waals surface area contributed by atoms with E-state index in [0.717, 1.165) is 41.8 Å². The molecule has 2 heterocycles. The Bertz CT molecular complexity index is 696. The van der Waals surface area contributed by atoms with Crippen molar-refractivity contribution in [3.8, 4) is 0 Å². The van der Waals surface area contributed by atoms with Crippen molar-refractivity contribution in [2.24, 2.45) is 0 Å². The predicted octanol–water partition coefficient (Wildman–Crippen LogP) is 2.40. The van der Waals surface area contributed by atoms with E-state index in [1.165, 1.54) is 5.56 Å². The molecule has 0 saturated carbocycles. The minimum absolute atomic E-state index is 0.0228. The summed E-state index contributed by atoms with van der Waals surface area (Å²) in [6.45, 7) is 4.35. The molecule has 1 aromatic heterocycles. The Labute approximate surface area is 126 Å². The largest absolute Gasteiger partial charge is 0.311 e. The second-order valence-corrected chi connectivity index (χ2v) is 6.08. The number of aromatic amines is 1. The highest BCUT2D eigenvalue weighted by Gasteiger charge is 2.20. The summed E-state index contributed by atoms with van der Waals surface area (Å²) in [4.78, 5) is 21.5. The van der Waals surface area contributed by atoms with Gasteiger partial charge in [-0.1, -0.05) is 28.1 Å². The third-order valence-corrected chi connectivity index (χ3v) is 4.06. The Morgan fingerprint density at radius 3 is 3.10 bits per heavy atom. The number of fused-ring (bicyclic) bond motifs is 1. The van der Waals surface area contributed by atoms with Crippen molar-refractivity contribution in [2.75, 3.05) is 6.54 Å². The van der Waals surface area contributed by atoms with Crippen molar-refractivity contribution < 1.29 is 0 Å². The lowest BCUT2D eigenvalue weighted by atomic mass is 10.1. The molecule has 0 unspecified atom stereocenters. The van der Waals surface area contributed by atoms with E-state index in [2.05, 4.69) is 42.9 Å². The minimum atomic E-state index is 0.0228. The summed E-state index contributed by atoms with van der Waals surface area (Å²) in [5.41, 5.74) is 3.06. The van der Waals surface area contributed by atoms with Crippen molar-refractivity contribution in [3.63, 3.8) is 0 Å². The molecule has 0 atom stereocenters. The van der Waals surface area contributed by atoms with Gasteiger partial charge in [-0.25, -0.2) is 4.98 Å². The van der Waals surface area contributed by atoms with Crippen LogP contribution in [-0.4, -0.2) is 21.4 Å². The molecule has 104 valence electrons. The molecule has 1 aliphatic rings. The monoisotopic (exact) mass is 333 g/mol. The Kier molecular flexibility index (Phi) is 3.72. The van der Waals surface area contributed by atoms with Gasteiger partial charge in [0.05, 0.1) is 5.69 Å². The number of hydrogen-bond acceptors (Lipinski definition) is 3. The average Bonchev–Trinajstić information content (AvgIpc) is 2.38. The third kappa shape index (κ3) is 2.83. The van der Waals surface area contributed by atoms with Gasteiger partial charge < -0.3 is 4.98 Å². The number of nitrogens with zero attached hydrogens (tertiary/aromatic N) is 2. The summed E-state index contributed by atoms with van der Waals surface area (Å²) in [5.74, 6) is 0.693. The SMILES string of the molecule is Cc1nc2c(c(=O)[nH]1)CCN(Cc1cccc(Br)c1)C2. The maximum Gasteiger partial charge on any atom is 0.254 e. The van der Waals surface area contributed by atoms with Crippen molar-refractivity contribution >= 4 is 15.9 Å². The van der Waals surface area contributed by atoms with Gasteiger partial charge in [-0.05, 0) is 31.0 Å². The quantitative estimate of drug-likeness (QED) is 0.918. The molecule has 2 aromatic rings.